The van der Waals surface area contributed by atoms with Crippen molar-refractivity contribution in [2.45, 2.75) is 59.8 Å². The largest absolute Gasteiger partial charge is 0.272 e. The molecule has 0 atom stereocenters. The first-order valence-corrected chi connectivity index (χ1v) is 7.66. The molecule has 0 N–H and O–H groups in total. The van der Waals surface area contributed by atoms with Gasteiger partial charge >= 0.3 is 0 Å². The van der Waals surface area contributed by atoms with Crippen molar-refractivity contribution in [3.63, 3.8) is 0 Å². The maximum Gasteiger partial charge on any atom is 0.0693 e. The molecule has 20 heavy (non-hydrogen) atoms. The molecule has 0 aromatic carbocycles. The lowest BCUT2D eigenvalue weighted by Crippen LogP contribution is -2.33. The van der Waals surface area contributed by atoms with Crippen LogP contribution in [0.4, 0.5) is 0 Å². The molecule has 1 aromatic rings. The summed E-state index contributed by atoms with van der Waals surface area (Å²) in [5, 5.41) is 14.1. The van der Waals surface area contributed by atoms with E-state index in [2.05, 4.69) is 38.0 Å². The van der Waals surface area contributed by atoms with Crippen LogP contribution < -0.4 is 0 Å². The topological polar surface area (TPSA) is 41.6 Å². The first kappa shape index (κ1) is 15.1. The van der Waals surface area contributed by atoms with Gasteiger partial charge in [-0.1, -0.05) is 20.8 Å². The summed E-state index contributed by atoms with van der Waals surface area (Å²) in [7, 11) is 1.98. The molecule has 1 aromatic heterocycles. The fraction of sp³-hybridized carbons (Fsp3) is 0.765. The van der Waals surface area contributed by atoms with Crippen molar-refractivity contribution in [3.8, 4) is 6.07 Å². The van der Waals surface area contributed by atoms with E-state index in [1.807, 2.05) is 18.7 Å². The lowest BCUT2D eigenvalue weighted by atomic mass is 9.63. The van der Waals surface area contributed by atoms with Crippen LogP contribution in [0.5, 0.6) is 0 Å². The minimum atomic E-state index is -0.179. The monoisotopic (exact) mass is 273 g/mol. The van der Waals surface area contributed by atoms with Gasteiger partial charge in [-0.25, -0.2) is 0 Å². The Hall–Kier alpha value is -1.30. The smallest absolute Gasteiger partial charge is 0.0693 e. The quantitative estimate of drug-likeness (QED) is 0.816. The summed E-state index contributed by atoms with van der Waals surface area (Å²) in [6, 6.07) is 4.75. The molecule has 1 aliphatic rings. The number of nitriles is 1. The van der Waals surface area contributed by atoms with Gasteiger partial charge in [-0.15, -0.1) is 0 Å². The highest BCUT2D eigenvalue weighted by molar-refractivity contribution is 5.15. The predicted molar refractivity (Wildman–Crippen MR) is 81.1 cm³/mol. The van der Waals surface area contributed by atoms with Crippen molar-refractivity contribution in [1.82, 2.24) is 9.78 Å². The molecule has 3 nitrogen and oxygen atoms in total. The zero-order valence-corrected chi connectivity index (χ0v) is 13.5. The van der Waals surface area contributed by atoms with Gasteiger partial charge < -0.3 is 0 Å². The maximum atomic E-state index is 9.71. The Labute approximate surface area is 123 Å². The van der Waals surface area contributed by atoms with E-state index in [0.717, 1.165) is 30.9 Å². The number of rotatable bonds is 2. The molecule has 0 amide bonds. The normalized spacial score (nSPS) is 27.3. The molecule has 1 saturated carbocycles. The fourth-order valence-corrected chi connectivity index (χ4v) is 3.54. The van der Waals surface area contributed by atoms with Crippen LogP contribution in [-0.2, 0) is 13.5 Å². The van der Waals surface area contributed by atoms with Crippen LogP contribution in [0.2, 0.25) is 0 Å². The average Bonchev–Trinajstić information content (AvgIpc) is 2.67. The summed E-state index contributed by atoms with van der Waals surface area (Å²) in [6.07, 6.45) is 5.24. The van der Waals surface area contributed by atoms with Gasteiger partial charge in [0, 0.05) is 19.2 Å². The van der Waals surface area contributed by atoms with Crippen LogP contribution in [0.3, 0.4) is 0 Å². The van der Waals surface area contributed by atoms with Gasteiger partial charge in [0.05, 0.1) is 17.2 Å². The van der Waals surface area contributed by atoms with Crippen LogP contribution >= 0.6 is 0 Å². The molecule has 0 radical (unpaired) electrons. The second-order valence-corrected chi connectivity index (χ2v) is 7.61. The lowest BCUT2D eigenvalue weighted by molar-refractivity contribution is 0.119. The first-order valence-electron chi connectivity index (χ1n) is 7.66. The zero-order valence-electron chi connectivity index (χ0n) is 13.5. The standard InChI is InChI=1S/C17H27N3/c1-13-10-15(20(5)19-13)11-17(12-18)8-6-14(7-9-17)16(2,3)4/h10,14H,6-9,11H2,1-5H3. The summed E-state index contributed by atoms with van der Waals surface area (Å²) < 4.78 is 1.93. The van der Waals surface area contributed by atoms with Crippen molar-refractivity contribution in [1.29, 1.82) is 5.26 Å². The second kappa shape index (κ2) is 5.24. The van der Waals surface area contributed by atoms with Crippen molar-refractivity contribution < 1.29 is 0 Å². The van der Waals surface area contributed by atoms with Gasteiger partial charge in [-0.05, 0) is 50.0 Å². The third kappa shape index (κ3) is 3.06. The average molecular weight is 273 g/mol. The van der Waals surface area contributed by atoms with Gasteiger partial charge in [0.15, 0.2) is 0 Å². The molecule has 110 valence electrons. The van der Waals surface area contributed by atoms with E-state index in [1.165, 1.54) is 18.5 Å². The van der Waals surface area contributed by atoms with E-state index in [1.54, 1.807) is 0 Å². The molecule has 0 saturated heterocycles. The summed E-state index contributed by atoms with van der Waals surface area (Å²) in [5.41, 5.74) is 2.42. The molecule has 0 spiro atoms. The Morgan fingerprint density at radius 1 is 1.40 bits per heavy atom. The van der Waals surface area contributed by atoms with Gasteiger partial charge in [-0.3, -0.25) is 4.68 Å². The van der Waals surface area contributed by atoms with Gasteiger partial charge in [0.1, 0.15) is 0 Å². The minimum absolute atomic E-state index is 0.179. The molecule has 0 aliphatic heterocycles. The second-order valence-electron chi connectivity index (χ2n) is 7.61. The van der Waals surface area contributed by atoms with Crippen LogP contribution in [0.25, 0.3) is 0 Å². The summed E-state index contributed by atoms with van der Waals surface area (Å²) >= 11 is 0. The molecule has 1 aliphatic carbocycles. The van der Waals surface area contributed by atoms with E-state index in [0.29, 0.717) is 5.41 Å². The van der Waals surface area contributed by atoms with Crippen LogP contribution in [0.15, 0.2) is 6.07 Å². The van der Waals surface area contributed by atoms with Gasteiger partial charge in [-0.2, -0.15) is 10.4 Å². The number of hydrogen-bond donors (Lipinski definition) is 0. The molecule has 1 fully saturated rings. The zero-order chi connectivity index (χ0) is 15.0. The van der Waals surface area contributed by atoms with Gasteiger partial charge in [0.25, 0.3) is 0 Å². The number of nitrogens with zero attached hydrogens (tertiary/aromatic N) is 3. The van der Waals surface area contributed by atoms with Crippen LogP contribution in [-0.4, -0.2) is 9.78 Å². The van der Waals surface area contributed by atoms with E-state index in [-0.39, 0.29) is 5.41 Å². The first-order chi connectivity index (χ1) is 9.26. The number of aromatic nitrogens is 2. The van der Waals surface area contributed by atoms with E-state index < -0.39 is 0 Å². The van der Waals surface area contributed by atoms with Crippen LogP contribution in [0.1, 0.15) is 57.8 Å². The highest BCUT2D eigenvalue weighted by atomic mass is 15.3. The van der Waals surface area contributed by atoms with E-state index in [9.17, 15) is 5.26 Å². The Morgan fingerprint density at radius 2 is 2.00 bits per heavy atom. The third-order valence-electron chi connectivity index (χ3n) is 5.02. The highest BCUT2D eigenvalue weighted by Crippen LogP contribution is 2.46. The van der Waals surface area contributed by atoms with Crippen molar-refractivity contribution in [2.24, 2.45) is 23.8 Å². The Bertz CT molecular complexity index is 505. The molecule has 0 unspecified atom stereocenters. The summed E-state index contributed by atoms with van der Waals surface area (Å²) in [5.74, 6) is 0.747. The molecular formula is C17H27N3. The summed E-state index contributed by atoms with van der Waals surface area (Å²) in [6.45, 7) is 8.98. The Morgan fingerprint density at radius 3 is 2.40 bits per heavy atom. The van der Waals surface area contributed by atoms with E-state index in [4.69, 9.17) is 0 Å². The molecule has 2 rings (SSSR count). The lowest BCUT2D eigenvalue weighted by Gasteiger charge is -2.40. The molecule has 0 bridgehead atoms. The van der Waals surface area contributed by atoms with Crippen molar-refractivity contribution in [3.05, 3.63) is 17.5 Å². The number of aryl methyl sites for hydroxylation is 2. The number of hydrogen-bond acceptors (Lipinski definition) is 2. The highest BCUT2D eigenvalue weighted by Gasteiger charge is 2.39. The Balaban J connectivity index is 2.10. The van der Waals surface area contributed by atoms with E-state index >= 15 is 0 Å². The third-order valence-corrected chi connectivity index (χ3v) is 5.02. The van der Waals surface area contributed by atoms with Crippen molar-refractivity contribution in [2.75, 3.05) is 0 Å². The van der Waals surface area contributed by atoms with Crippen LogP contribution in [0, 0.1) is 35.0 Å². The SMILES string of the molecule is Cc1cc(CC2(C#N)CCC(C(C)(C)C)CC2)n(C)n1. The predicted octanol–water partition coefficient (Wildman–Crippen LogP) is 4.02. The molecule has 1 heterocycles. The molecule has 3 heteroatoms. The van der Waals surface area contributed by atoms with Gasteiger partial charge in [0.2, 0.25) is 0 Å². The van der Waals surface area contributed by atoms with Crippen molar-refractivity contribution >= 4 is 0 Å². The minimum Gasteiger partial charge on any atom is -0.272 e. The summed E-state index contributed by atoms with van der Waals surface area (Å²) in [4.78, 5) is 0. The Kier molecular flexibility index (Phi) is 3.95. The fourth-order valence-electron chi connectivity index (χ4n) is 3.54. The maximum absolute atomic E-state index is 9.71. The molecular weight excluding hydrogens is 246 g/mol.